The Hall–Kier alpha value is -1.95. The molecule has 126 valence electrons. The van der Waals surface area contributed by atoms with E-state index in [0.29, 0.717) is 12.8 Å². The summed E-state index contributed by atoms with van der Waals surface area (Å²) in [5.41, 5.74) is -0.0288. The summed E-state index contributed by atoms with van der Waals surface area (Å²) in [5, 5.41) is 11.9. The van der Waals surface area contributed by atoms with E-state index in [1.807, 2.05) is 0 Å². The highest BCUT2D eigenvalue weighted by Crippen LogP contribution is 2.41. The van der Waals surface area contributed by atoms with Gasteiger partial charge in [0, 0.05) is 20.1 Å². The van der Waals surface area contributed by atoms with Gasteiger partial charge in [0.1, 0.15) is 11.9 Å². The molecule has 0 saturated heterocycles. The van der Waals surface area contributed by atoms with E-state index >= 15 is 0 Å². The number of nitrogens with one attached hydrogen (secondary N) is 1. The topological polar surface area (TPSA) is 75.6 Å². The highest BCUT2D eigenvalue weighted by atomic mass is 19.1. The molecule has 0 bridgehead atoms. The monoisotopic (exact) mass is 323 g/mol. The van der Waals surface area contributed by atoms with Gasteiger partial charge < -0.3 is 15.2 Å². The van der Waals surface area contributed by atoms with E-state index in [2.05, 4.69) is 5.32 Å². The lowest BCUT2D eigenvalue weighted by Gasteiger charge is -2.30. The molecule has 5 nitrogen and oxygen atoms in total. The second-order valence-electron chi connectivity index (χ2n) is 5.94. The SMILES string of the molecule is COCCC(NC(=O)C1(c2ccc(F)cc2)CCCC1)C(=O)O. The number of carboxylic acids is 1. The second-order valence-corrected chi connectivity index (χ2v) is 5.94. The van der Waals surface area contributed by atoms with Crippen LogP contribution < -0.4 is 5.32 Å². The molecular weight excluding hydrogens is 301 g/mol. The number of hydrogen-bond acceptors (Lipinski definition) is 3. The third-order valence-electron chi connectivity index (χ3n) is 4.50. The van der Waals surface area contributed by atoms with E-state index in [4.69, 9.17) is 4.74 Å². The van der Waals surface area contributed by atoms with Crippen LogP contribution in [0.4, 0.5) is 4.39 Å². The Morgan fingerprint density at radius 2 is 1.91 bits per heavy atom. The first-order valence-corrected chi connectivity index (χ1v) is 7.78. The van der Waals surface area contributed by atoms with Crippen LogP contribution >= 0.6 is 0 Å². The maximum Gasteiger partial charge on any atom is 0.326 e. The second kappa shape index (κ2) is 7.55. The normalized spacial score (nSPS) is 17.7. The average Bonchev–Trinajstić information content (AvgIpc) is 3.02. The molecule has 0 spiro atoms. The predicted octanol–water partition coefficient (Wildman–Crippen LogP) is 2.24. The van der Waals surface area contributed by atoms with Crippen molar-refractivity contribution in [1.82, 2.24) is 5.32 Å². The number of rotatable bonds is 7. The molecule has 1 unspecified atom stereocenters. The zero-order valence-electron chi connectivity index (χ0n) is 13.2. The molecular formula is C17H22FNO4. The number of halogens is 1. The number of carbonyl (C=O) groups excluding carboxylic acids is 1. The number of aliphatic carboxylic acids is 1. The van der Waals surface area contributed by atoms with Gasteiger partial charge in [0.05, 0.1) is 5.41 Å². The van der Waals surface area contributed by atoms with Gasteiger partial charge in [-0.15, -0.1) is 0 Å². The molecule has 0 aromatic heterocycles. The van der Waals surface area contributed by atoms with Crippen molar-refractivity contribution in [2.45, 2.75) is 43.6 Å². The van der Waals surface area contributed by atoms with E-state index in [1.54, 1.807) is 12.1 Å². The molecule has 2 N–H and O–H groups in total. The van der Waals surface area contributed by atoms with Crippen molar-refractivity contribution >= 4 is 11.9 Å². The lowest BCUT2D eigenvalue weighted by atomic mass is 9.77. The highest BCUT2D eigenvalue weighted by Gasteiger charge is 2.43. The average molecular weight is 323 g/mol. The zero-order chi connectivity index (χ0) is 16.9. The quantitative estimate of drug-likeness (QED) is 0.807. The Labute approximate surface area is 134 Å². The van der Waals surface area contributed by atoms with Crippen molar-refractivity contribution in [3.05, 3.63) is 35.6 Å². The largest absolute Gasteiger partial charge is 0.480 e. The molecule has 1 aliphatic rings. The van der Waals surface area contributed by atoms with E-state index in [0.717, 1.165) is 18.4 Å². The van der Waals surface area contributed by atoms with Crippen LogP contribution in [0.25, 0.3) is 0 Å². The summed E-state index contributed by atoms with van der Waals surface area (Å²) in [4.78, 5) is 24.1. The van der Waals surface area contributed by atoms with Crippen LogP contribution in [-0.4, -0.2) is 36.7 Å². The van der Waals surface area contributed by atoms with Crippen LogP contribution in [0.2, 0.25) is 0 Å². The van der Waals surface area contributed by atoms with Gasteiger partial charge in [-0.25, -0.2) is 9.18 Å². The van der Waals surface area contributed by atoms with Crippen molar-refractivity contribution in [2.75, 3.05) is 13.7 Å². The molecule has 1 aliphatic carbocycles. The smallest absolute Gasteiger partial charge is 0.326 e. The Kier molecular flexibility index (Phi) is 5.71. The molecule has 1 aromatic rings. The first-order chi connectivity index (χ1) is 11.0. The Morgan fingerprint density at radius 3 is 2.43 bits per heavy atom. The fourth-order valence-corrected chi connectivity index (χ4v) is 3.18. The van der Waals surface area contributed by atoms with E-state index in [9.17, 15) is 19.1 Å². The van der Waals surface area contributed by atoms with Gasteiger partial charge in [0.2, 0.25) is 5.91 Å². The van der Waals surface area contributed by atoms with Gasteiger partial charge in [-0.3, -0.25) is 4.79 Å². The third kappa shape index (κ3) is 3.88. The number of carboxylic acid groups (broad SMARTS) is 1. The molecule has 0 radical (unpaired) electrons. The van der Waals surface area contributed by atoms with E-state index in [-0.39, 0.29) is 24.8 Å². The molecule has 1 saturated carbocycles. The van der Waals surface area contributed by atoms with Crippen LogP contribution in [0.5, 0.6) is 0 Å². The van der Waals surface area contributed by atoms with Crippen molar-refractivity contribution < 1.29 is 23.8 Å². The molecule has 0 heterocycles. The van der Waals surface area contributed by atoms with Crippen LogP contribution in [0.1, 0.15) is 37.7 Å². The molecule has 2 rings (SSSR count). The maximum atomic E-state index is 13.2. The summed E-state index contributed by atoms with van der Waals surface area (Å²) in [7, 11) is 1.48. The Bertz CT molecular complexity index is 552. The number of amides is 1. The summed E-state index contributed by atoms with van der Waals surface area (Å²) in [6.45, 7) is 0.251. The number of methoxy groups -OCH3 is 1. The van der Waals surface area contributed by atoms with E-state index < -0.39 is 17.4 Å². The highest BCUT2D eigenvalue weighted by molar-refractivity contribution is 5.91. The first kappa shape index (κ1) is 17.4. The van der Waals surface area contributed by atoms with Crippen LogP contribution in [0.3, 0.4) is 0 Å². The molecule has 6 heteroatoms. The van der Waals surface area contributed by atoms with Crippen LogP contribution in [-0.2, 0) is 19.7 Å². The molecule has 23 heavy (non-hydrogen) atoms. The van der Waals surface area contributed by atoms with Gasteiger partial charge >= 0.3 is 5.97 Å². The predicted molar refractivity (Wildman–Crippen MR) is 82.6 cm³/mol. The summed E-state index contributed by atoms with van der Waals surface area (Å²) in [5.74, 6) is -1.74. The van der Waals surface area contributed by atoms with Crippen LogP contribution in [0.15, 0.2) is 24.3 Å². The summed E-state index contributed by atoms with van der Waals surface area (Å²) in [6.07, 6.45) is 3.26. The van der Waals surface area contributed by atoms with Crippen molar-refractivity contribution in [3.63, 3.8) is 0 Å². The van der Waals surface area contributed by atoms with Crippen molar-refractivity contribution in [2.24, 2.45) is 0 Å². The standard InChI is InChI=1S/C17H22FNO4/c1-23-11-8-14(15(20)21)19-16(22)17(9-2-3-10-17)12-4-6-13(18)7-5-12/h4-7,14H,2-3,8-11H2,1H3,(H,19,22)(H,20,21). The maximum absolute atomic E-state index is 13.2. The minimum Gasteiger partial charge on any atom is -0.480 e. The fraction of sp³-hybridized carbons (Fsp3) is 0.529. The van der Waals surface area contributed by atoms with Gasteiger partial charge in [0.25, 0.3) is 0 Å². The van der Waals surface area contributed by atoms with Gasteiger partial charge in [-0.05, 0) is 30.5 Å². The number of benzene rings is 1. The first-order valence-electron chi connectivity index (χ1n) is 7.78. The molecule has 1 aromatic carbocycles. The summed E-state index contributed by atoms with van der Waals surface area (Å²) in [6, 6.07) is 4.92. The van der Waals surface area contributed by atoms with Crippen LogP contribution in [0, 0.1) is 5.82 Å². The summed E-state index contributed by atoms with van der Waals surface area (Å²) < 4.78 is 18.1. The minimum absolute atomic E-state index is 0.205. The fourth-order valence-electron chi connectivity index (χ4n) is 3.18. The van der Waals surface area contributed by atoms with Crippen molar-refractivity contribution in [1.29, 1.82) is 0 Å². The molecule has 1 amide bonds. The van der Waals surface area contributed by atoms with Gasteiger partial charge in [0.15, 0.2) is 0 Å². The van der Waals surface area contributed by atoms with E-state index in [1.165, 1.54) is 19.2 Å². The number of hydrogen-bond donors (Lipinski definition) is 2. The third-order valence-corrected chi connectivity index (χ3v) is 4.50. The molecule has 0 aliphatic heterocycles. The number of carbonyl (C=O) groups is 2. The summed E-state index contributed by atoms with van der Waals surface area (Å²) >= 11 is 0. The van der Waals surface area contributed by atoms with Gasteiger partial charge in [-0.1, -0.05) is 25.0 Å². The molecule has 1 fully saturated rings. The van der Waals surface area contributed by atoms with Gasteiger partial charge in [-0.2, -0.15) is 0 Å². The lowest BCUT2D eigenvalue weighted by Crippen LogP contribution is -2.50. The minimum atomic E-state index is -1.08. The Balaban J connectivity index is 2.21. The van der Waals surface area contributed by atoms with Crippen molar-refractivity contribution in [3.8, 4) is 0 Å². The molecule has 1 atom stereocenters. The zero-order valence-corrected chi connectivity index (χ0v) is 13.2. The number of ether oxygens (including phenoxy) is 1. The Morgan fingerprint density at radius 1 is 1.30 bits per heavy atom. The lowest BCUT2D eigenvalue weighted by molar-refractivity contribution is -0.143.